The van der Waals surface area contributed by atoms with Crippen LogP contribution in [0.4, 0.5) is 0 Å². The van der Waals surface area contributed by atoms with Gasteiger partial charge in [0, 0.05) is 19.5 Å². The van der Waals surface area contributed by atoms with Crippen molar-refractivity contribution in [1.29, 1.82) is 0 Å². The van der Waals surface area contributed by atoms with Crippen molar-refractivity contribution in [1.82, 2.24) is 4.90 Å². The van der Waals surface area contributed by atoms with Gasteiger partial charge in [-0.3, -0.25) is 4.79 Å². The second-order valence-corrected chi connectivity index (χ2v) is 3.36. The van der Waals surface area contributed by atoms with Gasteiger partial charge in [0.2, 0.25) is 5.91 Å². The number of amides is 1. The fourth-order valence-corrected chi connectivity index (χ4v) is 1.74. The van der Waals surface area contributed by atoms with Crippen LogP contribution in [0, 0.1) is 5.92 Å². The molecule has 2 heteroatoms. The molecule has 0 aromatic carbocycles. The van der Waals surface area contributed by atoms with Crippen LogP contribution in [0.25, 0.3) is 0 Å². The summed E-state index contributed by atoms with van der Waals surface area (Å²) in [5.74, 6) is 0.913. The molecular formula is C8H15NO. The Hall–Kier alpha value is -0.530. The normalized spacial score (nSPS) is 32.9. The zero-order valence-corrected chi connectivity index (χ0v) is 6.92. The standard InChI is InChI=1S/C8H15NO/c1-6-4-7(2)9(5-6)8(3)10/h6-7H,4-5H2,1-3H3. The van der Waals surface area contributed by atoms with E-state index in [1.807, 2.05) is 4.90 Å². The van der Waals surface area contributed by atoms with Crippen LogP contribution >= 0.6 is 0 Å². The van der Waals surface area contributed by atoms with Gasteiger partial charge in [0.25, 0.3) is 0 Å². The number of carbonyl (C=O) groups is 1. The summed E-state index contributed by atoms with van der Waals surface area (Å²) < 4.78 is 0. The molecule has 0 radical (unpaired) electrons. The molecule has 10 heavy (non-hydrogen) atoms. The maximum absolute atomic E-state index is 10.9. The van der Waals surface area contributed by atoms with Gasteiger partial charge in [-0.25, -0.2) is 0 Å². The second-order valence-electron chi connectivity index (χ2n) is 3.36. The molecule has 58 valence electrons. The van der Waals surface area contributed by atoms with E-state index in [2.05, 4.69) is 13.8 Å². The van der Waals surface area contributed by atoms with Crippen LogP contribution in [0.5, 0.6) is 0 Å². The lowest BCUT2D eigenvalue weighted by Crippen LogP contribution is -2.31. The van der Waals surface area contributed by atoms with Gasteiger partial charge in [-0.1, -0.05) is 6.92 Å². The van der Waals surface area contributed by atoms with Gasteiger partial charge in [0.1, 0.15) is 0 Å². The van der Waals surface area contributed by atoms with E-state index in [9.17, 15) is 4.79 Å². The zero-order valence-electron chi connectivity index (χ0n) is 6.92. The summed E-state index contributed by atoms with van der Waals surface area (Å²) in [6.45, 7) is 6.91. The fourth-order valence-electron chi connectivity index (χ4n) is 1.74. The van der Waals surface area contributed by atoms with Crippen LogP contribution in [0.1, 0.15) is 27.2 Å². The molecule has 1 fully saturated rings. The molecule has 1 rings (SSSR count). The molecule has 0 aromatic rings. The average Bonchev–Trinajstić information content (AvgIpc) is 2.10. The molecule has 1 amide bonds. The van der Waals surface area contributed by atoms with E-state index < -0.39 is 0 Å². The summed E-state index contributed by atoms with van der Waals surface area (Å²) in [6, 6.07) is 0.465. The summed E-state index contributed by atoms with van der Waals surface area (Å²) in [7, 11) is 0. The summed E-state index contributed by atoms with van der Waals surface area (Å²) in [5, 5.41) is 0. The average molecular weight is 141 g/mol. The number of carbonyl (C=O) groups excluding carboxylic acids is 1. The lowest BCUT2D eigenvalue weighted by molar-refractivity contribution is -0.129. The first-order chi connectivity index (χ1) is 4.61. The molecule has 2 unspecified atom stereocenters. The Labute approximate surface area is 62.2 Å². The zero-order chi connectivity index (χ0) is 7.72. The molecule has 0 aromatic heterocycles. The lowest BCUT2D eigenvalue weighted by Gasteiger charge is -2.18. The monoisotopic (exact) mass is 141 g/mol. The fraction of sp³-hybridized carbons (Fsp3) is 0.875. The van der Waals surface area contributed by atoms with E-state index in [-0.39, 0.29) is 5.91 Å². The number of hydrogen-bond donors (Lipinski definition) is 0. The summed E-state index contributed by atoms with van der Waals surface area (Å²) >= 11 is 0. The maximum atomic E-state index is 10.9. The first-order valence-electron chi connectivity index (χ1n) is 3.88. The molecule has 2 nitrogen and oxygen atoms in total. The highest BCUT2D eigenvalue weighted by Crippen LogP contribution is 2.21. The minimum absolute atomic E-state index is 0.219. The van der Waals surface area contributed by atoms with Crippen molar-refractivity contribution in [2.75, 3.05) is 6.54 Å². The van der Waals surface area contributed by atoms with E-state index in [4.69, 9.17) is 0 Å². The first kappa shape index (κ1) is 7.58. The molecule has 1 aliphatic heterocycles. The number of rotatable bonds is 0. The minimum atomic E-state index is 0.219. The van der Waals surface area contributed by atoms with Crippen molar-refractivity contribution in [3.05, 3.63) is 0 Å². The third kappa shape index (κ3) is 1.31. The topological polar surface area (TPSA) is 20.3 Å². The van der Waals surface area contributed by atoms with E-state index >= 15 is 0 Å². The van der Waals surface area contributed by atoms with Crippen molar-refractivity contribution in [2.45, 2.75) is 33.2 Å². The van der Waals surface area contributed by atoms with Gasteiger partial charge in [0.05, 0.1) is 0 Å². The van der Waals surface area contributed by atoms with Crippen molar-refractivity contribution in [2.24, 2.45) is 5.92 Å². The van der Waals surface area contributed by atoms with E-state index in [0.717, 1.165) is 6.54 Å². The Balaban J connectivity index is 2.54. The molecule has 0 bridgehead atoms. The number of likely N-dealkylation sites (tertiary alicyclic amines) is 1. The van der Waals surface area contributed by atoms with E-state index in [1.165, 1.54) is 6.42 Å². The molecule has 1 aliphatic rings. The Morgan fingerprint density at radius 3 is 2.30 bits per heavy atom. The number of hydrogen-bond acceptors (Lipinski definition) is 1. The highest BCUT2D eigenvalue weighted by Gasteiger charge is 2.27. The molecule has 0 saturated carbocycles. The number of nitrogens with zero attached hydrogens (tertiary/aromatic N) is 1. The molecule has 0 spiro atoms. The van der Waals surface area contributed by atoms with Crippen LogP contribution in [-0.2, 0) is 4.79 Å². The maximum Gasteiger partial charge on any atom is 0.219 e. The van der Waals surface area contributed by atoms with Crippen LogP contribution in [-0.4, -0.2) is 23.4 Å². The van der Waals surface area contributed by atoms with Gasteiger partial charge in [-0.05, 0) is 19.3 Å². The van der Waals surface area contributed by atoms with Gasteiger partial charge >= 0.3 is 0 Å². The van der Waals surface area contributed by atoms with Gasteiger partial charge in [-0.15, -0.1) is 0 Å². The molecule has 1 heterocycles. The van der Waals surface area contributed by atoms with Crippen LogP contribution in [0.3, 0.4) is 0 Å². The largest absolute Gasteiger partial charge is 0.340 e. The third-order valence-corrected chi connectivity index (χ3v) is 2.19. The van der Waals surface area contributed by atoms with Gasteiger partial charge in [-0.2, -0.15) is 0 Å². The Morgan fingerprint density at radius 1 is 1.50 bits per heavy atom. The van der Waals surface area contributed by atoms with Crippen molar-refractivity contribution in [3.8, 4) is 0 Å². The quantitative estimate of drug-likeness (QED) is 0.497. The predicted octanol–water partition coefficient (Wildman–Crippen LogP) is 1.26. The Kier molecular flexibility index (Phi) is 1.97. The van der Waals surface area contributed by atoms with Crippen molar-refractivity contribution >= 4 is 5.91 Å². The molecule has 1 saturated heterocycles. The third-order valence-electron chi connectivity index (χ3n) is 2.19. The van der Waals surface area contributed by atoms with Crippen LogP contribution < -0.4 is 0 Å². The van der Waals surface area contributed by atoms with Gasteiger partial charge < -0.3 is 4.90 Å². The van der Waals surface area contributed by atoms with Crippen LogP contribution in [0.15, 0.2) is 0 Å². The summed E-state index contributed by atoms with van der Waals surface area (Å²) in [5.41, 5.74) is 0. The molecule has 0 N–H and O–H groups in total. The summed E-state index contributed by atoms with van der Waals surface area (Å²) in [4.78, 5) is 12.9. The minimum Gasteiger partial charge on any atom is -0.340 e. The molecule has 2 atom stereocenters. The Morgan fingerprint density at radius 2 is 2.10 bits per heavy atom. The lowest BCUT2D eigenvalue weighted by atomic mass is 10.1. The smallest absolute Gasteiger partial charge is 0.219 e. The SMILES string of the molecule is CC(=O)N1CC(C)CC1C. The predicted molar refractivity (Wildman–Crippen MR) is 40.6 cm³/mol. The second kappa shape index (κ2) is 2.60. The van der Waals surface area contributed by atoms with Crippen molar-refractivity contribution < 1.29 is 4.79 Å². The molecular weight excluding hydrogens is 126 g/mol. The van der Waals surface area contributed by atoms with Crippen LogP contribution in [0.2, 0.25) is 0 Å². The van der Waals surface area contributed by atoms with Crippen molar-refractivity contribution in [3.63, 3.8) is 0 Å². The Bertz CT molecular complexity index is 144. The first-order valence-corrected chi connectivity index (χ1v) is 3.88. The van der Waals surface area contributed by atoms with Gasteiger partial charge in [0.15, 0.2) is 0 Å². The highest BCUT2D eigenvalue weighted by molar-refractivity contribution is 5.73. The van der Waals surface area contributed by atoms with E-state index in [1.54, 1.807) is 6.92 Å². The highest BCUT2D eigenvalue weighted by atomic mass is 16.2. The summed E-state index contributed by atoms with van der Waals surface area (Å²) in [6.07, 6.45) is 1.17. The van der Waals surface area contributed by atoms with E-state index in [0.29, 0.717) is 12.0 Å². The molecule has 0 aliphatic carbocycles.